The van der Waals surface area contributed by atoms with Gasteiger partial charge in [0, 0.05) is 28.6 Å². The smallest absolute Gasteiger partial charge is 0.182 e. The van der Waals surface area contributed by atoms with E-state index < -0.39 is 17.5 Å². The van der Waals surface area contributed by atoms with Gasteiger partial charge in [0.05, 0.1) is 18.3 Å². The lowest BCUT2D eigenvalue weighted by molar-refractivity contribution is 0.274. The predicted octanol–water partition coefficient (Wildman–Crippen LogP) is 4.80. The fourth-order valence-electron chi connectivity index (χ4n) is 2.36. The fourth-order valence-corrected chi connectivity index (χ4v) is 2.74. The van der Waals surface area contributed by atoms with E-state index in [1.807, 2.05) is 12.1 Å². The Hall–Kier alpha value is -1.69. The van der Waals surface area contributed by atoms with E-state index in [0.29, 0.717) is 24.8 Å². The van der Waals surface area contributed by atoms with Gasteiger partial charge < -0.3 is 10.1 Å². The molecule has 3 rings (SSSR count). The number of benzene rings is 2. The summed E-state index contributed by atoms with van der Waals surface area (Å²) in [5, 5.41) is 2.86. The van der Waals surface area contributed by atoms with Crippen LogP contribution in [-0.4, -0.2) is 6.61 Å². The van der Waals surface area contributed by atoms with E-state index in [0.717, 1.165) is 16.1 Å². The van der Waals surface area contributed by atoms with Crippen molar-refractivity contribution in [2.75, 3.05) is 11.9 Å². The van der Waals surface area contributed by atoms with Crippen LogP contribution in [0, 0.1) is 17.5 Å². The Balaban J connectivity index is 1.95. The zero-order chi connectivity index (χ0) is 15.0. The Morgan fingerprint density at radius 3 is 2.76 bits per heavy atom. The summed E-state index contributed by atoms with van der Waals surface area (Å²) in [7, 11) is 0. The molecule has 1 atom stereocenters. The number of hydrogen-bond acceptors (Lipinski definition) is 2. The second-order valence-corrected chi connectivity index (χ2v) is 5.68. The van der Waals surface area contributed by atoms with E-state index in [1.165, 1.54) is 0 Å². The molecule has 1 aliphatic heterocycles. The minimum Gasteiger partial charge on any atom is -0.493 e. The lowest BCUT2D eigenvalue weighted by Gasteiger charge is -2.28. The van der Waals surface area contributed by atoms with Crippen molar-refractivity contribution in [2.24, 2.45) is 0 Å². The standard InChI is InChI=1S/C15H11BrF3NO/c16-8-1-2-14-10(5-8)12(3-4-21-14)20-13-7-9(17)6-11(18)15(13)19/h1-2,5-7,12,20H,3-4H2. The first-order valence-electron chi connectivity index (χ1n) is 6.38. The molecular formula is C15H11BrF3NO. The molecule has 0 radical (unpaired) electrons. The van der Waals surface area contributed by atoms with Crippen molar-refractivity contribution in [3.8, 4) is 5.75 Å². The maximum Gasteiger partial charge on any atom is 0.182 e. The highest BCUT2D eigenvalue weighted by atomic mass is 79.9. The Kier molecular flexibility index (Phi) is 3.80. The van der Waals surface area contributed by atoms with Gasteiger partial charge in [-0.1, -0.05) is 15.9 Å². The zero-order valence-corrected chi connectivity index (χ0v) is 12.4. The van der Waals surface area contributed by atoms with Crippen LogP contribution in [0.3, 0.4) is 0 Å². The maximum absolute atomic E-state index is 13.7. The lowest BCUT2D eigenvalue weighted by Crippen LogP contribution is -2.21. The molecular weight excluding hydrogens is 347 g/mol. The molecule has 1 N–H and O–H groups in total. The van der Waals surface area contributed by atoms with Crippen molar-refractivity contribution < 1.29 is 17.9 Å². The molecule has 1 heterocycles. The molecule has 0 aliphatic carbocycles. The van der Waals surface area contributed by atoms with Gasteiger partial charge >= 0.3 is 0 Å². The number of fused-ring (bicyclic) bond motifs is 1. The Bertz CT molecular complexity index is 693. The monoisotopic (exact) mass is 357 g/mol. The van der Waals surface area contributed by atoms with Crippen LogP contribution in [0.15, 0.2) is 34.8 Å². The quantitative estimate of drug-likeness (QED) is 0.779. The molecule has 1 unspecified atom stereocenters. The molecule has 0 spiro atoms. The Morgan fingerprint density at radius 1 is 1.14 bits per heavy atom. The first-order chi connectivity index (χ1) is 10.0. The summed E-state index contributed by atoms with van der Waals surface area (Å²) in [4.78, 5) is 0. The van der Waals surface area contributed by atoms with E-state index in [9.17, 15) is 13.2 Å². The van der Waals surface area contributed by atoms with E-state index in [-0.39, 0.29) is 11.7 Å². The van der Waals surface area contributed by atoms with Gasteiger partial charge in [0.25, 0.3) is 0 Å². The van der Waals surface area contributed by atoms with Gasteiger partial charge in [-0.05, 0) is 18.2 Å². The van der Waals surface area contributed by atoms with Crippen LogP contribution >= 0.6 is 15.9 Å². The molecule has 110 valence electrons. The first-order valence-corrected chi connectivity index (χ1v) is 7.17. The molecule has 1 aliphatic rings. The number of halogens is 4. The first kappa shape index (κ1) is 14.3. The minimum absolute atomic E-state index is 0.190. The molecule has 0 fully saturated rings. The van der Waals surface area contributed by atoms with Gasteiger partial charge in [-0.25, -0.2) is 13.2 Å². The molecule has 0 amide bonds. The lowest BCUT2D eigenvalue weighted by atomic mass is 10.00. The molecule has 0 saturated heterocycles. The second kappa shape index (κ2) is 5.60. The number of nitrogens with one attached hydrogen (secondary N) is 1. The van der Waals surface area contributed by atoms with Crippen LogP contribution < -0.4 is 10.1 Å². The highest BCUT2D eigenvalue weighted by molar-refractivity contribution is 9.10. The third-order valence-corrected chi connectivity index (χ3v) is 3.83. The van der Waals surface area contributed by atoms with Crippen LogP contribution in [0.1, 0.15) is 18.0 Å². The largest absolute Gasteiger partial charge is 0.493 e. The highest BCUT2D eigenvalue weighted by Gasteiger charge is 2.23. The molecule has 2 aromatic carbocycles. The molecule has 0 aromatic heterocycles. The zero-order valence-electron chi connectivity index (χ0n) is 10.8. The van der Waals surface area contributed by atoms with E-state index in [1.54, 1.807) is 6.07 Å². The van der Waals surface area contributed by atoms with Crippen molar-refractivity contribution in [1.82, 2.24) is 0 Å². The van der Waals surface area contributed by atoms with Gasteiger partial charge in [-0.15, -0.1) is 0 Å². The third kappa shape index (κ3) is 2.85. The molecule has 0 saturated carbocycles. The molecule has 2 aromatic rings. The molecule has 2 nitrogen and oxygen atoms in total. The number of anilines is 1. The Labute approximate surface area is 128 Å². The Morgan fingerprint density at radius 2 is 1.95 bits per heavy atom. The van der Waals surface area contributed by atoms with Gasteiger partial charge in [0.2, 0.25) is 0 Å². The molecule has 0 bridgehead atoms. The summed E-state index contributed by atoms with van der Waals surface area (Å²) in [6, 6.07) is 6.68. The second-order valence-electron chi connectivity index (χ2n) is 4.77. The summed E-state index contributed by atoms with van der Waals surface area (Å²) < 4.78 is 46.6. The van der Waals surface area contributed by atoms with Gasteiger partial charge in [0.15, 0.2) is 11.6 Å². The maximum atomic E-state index is 13.7. The molecule has 6 heteroatoms. The number of hydrogen-bond donors (Lipinski definition) is 1. The summed E-state index contributed by atoms with van der Waals surface area (Å²) in [6.07, 6.45) is 0.570. The fraction of sp³-hybridized carbons (Fsp3) is 0.200. The van der Waals surface area contributed by atoms with Crippen molar-refractivity contribution in [3.05, 3.63) is 57.8 Å². The van der Waals surface area contributed by atoms with Crippen molar-refractivity contribution in [2.45, 2.75) is 12.5 Å². The minimum atomic E-state index is -1.21. The summed E-state index contributed by atoms with van der Waals surface area (Å²) in [5.74, 6) is -2.43. The molecule has 21 heavy (non-hydrogen) atoms. The predicted molar refractivity (Wildman–Crippen MR) is 76.9 cm³/mol. The van der Waals surface area contributed by atoms with Crippen molar-refractivity contribution in [1.29, 1.82) is 0 Å². The van der Waals surface area contributed by atoms with Crippen LogP contribution in [0.2, 0.25) is 0 Å². The van der Waals surface area contributed by atoms with Crippen LogP contribution in [-0.2, 0) is 0 Å². The van der Waals surface area contributed by atoms with Gasteiger partial charge in [-0.3, -0.25) is 0 Å². The van der Waals surface area contributed by atoms with Gasteiger partial charge in [-0.2, -0.15) is 0 Å². The average molecular weight is 358 g/mol. The van der Waals surface area contributed by atoms with Gasteiger partial charge in [0.1, 0.15) is 11.6 Å². The van der Waals surface area contributed by atoms with Crippen molar-refractivity contribution >= 4 is 21.6 Å². The van der Waals surface area contributed by atoms with E-state index in [2.05, 4.69) is 21.2 Å². The van der Waals surface area contributed by atoms with Crippen LogP contribution in [0.4, 0.5) is 18.9 Å². The average Bonchev–Trinajstić information content (AvgIpc) is 2.45. The van der Waals surface area contributed by atoms with E-state index in [4.69, 9.17) is 4.74 Å². The van der Waals surface area contributed by atoms with Crippen LogP contribution in [0.5, 0.6) is 5.75 Å². The summed E-state index contributed by atoms with van der Waals surface area (Å²) in [5.41, 5.74) is 0.630. The summed E-state index contributed by atoms with van der Waals surface area (Å²) >= 11 is 3.36. The van der Waals surface area contributed by atoms with Crippen LogP contribution in [0.25, 0.3) is 0 Å². The third-order valence-electron chi connectivity index (χ3n) is 3.33. The topological polar surface area (TPSA) is 21.3 Å². The number of ether oxygens (including phenoxy) is 1. The SMILES string of the molecule is Fc1cc(F)c(F)c(NC2CCOc3ccc(Br)cc32)c1. The van der Waals surface area contributed by atoms with Crippen molar-refractivity contribution in [3.63, 3.8) is 0 Å². The number of rotatable bonds is 2. The van der Waals surface area contributed by atoms with E-state index >= 15 is 0 Å². The highest BCUT2D eigenvalue weighted by Crippen LogP contribution is 2.36. The summed E-state index contributed by atoms with van der Waals surface area (Å²) in [6.45, 7) is 0.450. The normalized spacial score (nSPS) is 17.0.